The van der Waals surface area contributed by atoms with Crippen LogP contribution in [0.5, 0.6) is 0 Å². The molecule has 0 radical (unpaired) electrons. The number of anilines is 2. The van der Waals surface area contributed by atoms with Gasteiger partial charge >= 0.3 is 0 Å². The van der Waals surface area contributed by atoms with Crippen LogP contribution in [-0.4, -0.2) is 29.6 Å². The van der Waals surface area contributed by atoms with Gasteiger partial charge in [0.25, 0.3) is 11.6 Å². The van der Waals surface area contributed by atoms with Crippen molar-refractivity contribution in [1.29, 1.82) is 0 Å². The summed E-state index contributed by atoms with van der Waals surface area (Å²) < 4.78 is 0. The Kier molecular flexibility index (Phi) is 4.47. The van der Waals surface area contributed by atoms with Crippen LogP contribution in [0.1, 0.15) is 19.4 Å². The van der Waals surface area contributed by atoms with Gasteiger partial charge in [-0.05, 0) is 44.2 Å². The fourth-order valence-corrected chi connectivity index (χ4v) is 2.82. The fraction of sp³-hybridized carbons (Fsp3) is 0.222. The van der Waals surface area contributed by atoms with Crippen molar-refractivity contribution in [3.63, 3.8) is 0 Å². The number of benzene rings is 2. The molecule has 128 valence electrons. The summed E-state index contributed by atoms with van der Waals surface area (Å²) in [5, 5.41) is 13.6. The minimum Gasteiger partial charge on any atom is -0.372 e. The van der Waals surface area contributed by atoms with Crippen LogP contribution in [0.4, 0.5) is 22.7 Å². The quantitative estimate of drug-likeness (QED) is 0.667. The average Bonchev–Trinajstić information content (AvgIpc) is 2.92. The Morgan fingerprint density at radius 1 is 1.12 bits per heavy atom. The lowest BCUT2D eigenvalue weighted by atomic mass is 10.1. The van der Waals surface area contributed by atoms with Crippen LogP contribution in [0.3, 0.4) is 0 Å². The number of fused-ring (bicyclic) bond motifs is 1. The number of hydrogen-bond acceptors (Lipinski definition) is 5. The van der Waals surface area contributed by atoms with Crippen molar-refractivity contribution in [3.05, 3.63) is 58.1 Å². The summed E-state index contributed by atoms with van der Waals surface area (Å²) in [6.45, 7) is 5.99. The Hall–Kier alpha value is -3.22. The highest BCUT2D eigenvalue weighted by Crippen LogP contribution is 2.29. The third-order valence-corrected chi connectivity index (χ3v) is 4.15. The molecule has 1 amide bonds. The topological polar surface area (TPSA) is 87.8 Å². The smallest absolute Gasteiger partial charge is 0.275 e. The van der Waals surface area contributed by atoms with Crippen molar-refractivity contribution in [3.8, 4) is 0 Å². The standard InChI is InChI=1S/C18H18N4O3/c1-3-21(4-2)13-7-5-12(6-8-13)19-17-15-11-14(22(24)25)9-10-16(15)20-18(17)23/h5-11H,3-4H2,1-2H3,(H,19,20,23). The third-order valence-electron chi connectivity index (χ3n) is 4.15. The summed E-state index contributed by atoms with van der Waals surface area (Å²) in [6.07, 6.45) is 0. The van der Waals surface area contributed by atoms with Gasteiger partial charge in [0.2, 0.25) is 0 Å². The molecule has 0 saturated carbocycles. The summed E-state index contributed by atoms with van der Waals surface area (Å²) in [5.41, 5.74) is 2.82. The predicted octanol–water partition coefficient (Wildman–Crippen LogP) is 3.51. The molecule has 1 heterocycles. The summed E-state index contributed by atoms with van der Waals surface area (Å²) in [7, 11) is 0. The van der Waals surface area contributed by atoms with E-state index in [2.05, 4.69) is 29.1 Å². The highest BCUT2D eigenvalue weighted by Gasteiger charge is 2.28. The number of nitro groups is 1. The molecule has 0 fully saturated rings. The van der Waals surface area contributed by atoms with Crippen LogP contribution in [0, 0.1) is 10.1 Å². The number of aliphatic imine (C=N–C) groups is 1. The number of carbonyl (C=O) groups is 1. The average molecular weight is 338 g/mol. The van der Waals surface area contributed by atoms with Crippen molar-refractivity contribution < 1.29 is 9.72 Å². The van der Waals surface area contributed by atoms with Gasteiger partial charge in [0, 0.05) is 36.5 Å². The Morgan fingerprint density at radius 3 is 2.40 bits per heavy atom. The number of amides is 1. The van der Waals surface area contributed by atoms with E-state index in [1.807, 2.05) is 24.3 Å². The molecule has 0 saturated heterocycles. The van der Waals surface area contributed by atoms with Gasteiger partial charge in [-0.1, -0.05) is 0 Å². The SMILES string of the molecule is CCN(CC)c1ccc(N=C2C(=O)Nc3ccc([N+](=O)[O-])cc32)cc1. The first-order chi connectivity index (χ1) is 12.0. The first-order valence-electron chi connectivity index (χ1n) is 8.07. The fourth-order valence-electron chi connectivity index (χ4n) is 2.82. The van der Waals surface area contributed by atoms with Crippen LogP contribution in [0.25, 0.3) is 0 Å². The van der Waals surface area contributed by atoms with Crippen LogP contribution in [0.2, 0.25) is 0 Å². The maximum atomic E-state index is 12.2. The molecule has 3 rings (SSSR count). The Labute approximate surface area is 145 Å². The van der Waals surface area contributed by atoms with Gasteiger partial charge in [0.15, 0.2) is 0 Å². The molecule has 25 heavy (non-hydrogen) atoms. The second kappa shape index (κ2) is 6.72. The van der Waals surface area contributed by atoms with Crippen LogP contribution in [-0.2, 0) is 4.79 Å². The maximum Gasteiger partial charge on any atom is 0.275 e. The number of non-ortho nitro benzene ring substituents is 1. The molecule has 0 atom stereocenters. The van der Waals surface area contributed by atoms with E-state index in [-0.39, 0.29) is 17.3 Å². The van der Waals surface area contributed by atoms with Crippen molar-refractivity contribution in [2.45, 2.75) is 13.8 Å². The van der Waals surface area contributed by atoms with Crippen LogP contribution >= 0.6 is 0 Å². The van der Waals surface area contributed by atoms with E-state index < -0.39 is 4.92 Å². The highest BCUT2D eigenvalue weighted by atomic mass is 16.6. The first-order valence-corrected chi connectivity index (χ1v) is 8.07. The molecule has 7 nitrogen and oxygen atoms in total. The minimum absolute atomic E-state index is 0.0696. The largest absolute Gasteiger partial charge is 0.372 e. The zero-order chi connectivity index (χ0) is 18.0. The number of rotatable bonds is 5. The van der Waals surface area contributed by atoms with Crippen molar-refractivity contribution in [2.24, 2.45) is 4.99 Å². The molecule has 0 bridgehead atoms. The predicted molar refractivity (Wildman–Crippen MR) is 97.9 cm³/mol. The highest BCUT2D eigenvalue weighted by molar-refractivity contribution is 6.54. The number of hydrogen-bond donors (Lipinski definition) is 1. The van der Waals surface area contributed by atoms with Crippen molar-refractivity contribution >= 4 is 34.4 Å². The van der Waals surface area contributed by atoms with E-state index in [0.717, 1.165) is 18.8 Å². The van der Waals surface area contributed by atoms with Gasteiger partial charge in [-0.15, -0.1) is 0 Å². The molecule has 0 unspecified atom stereocenters. The molecule has 2 aromatic rings. The summed E-state index contributed by atoms with van der Waals surface area (Å²) >= 11 is 0. The summed E-state index contributed by atoms with van der Waals surface area (Å²) in [4.78, 5) is 29.2. The van der Waals surface area contributed by atoms with Crippen molar-refractivity contribution in [1.82, 2.24) is 0 Å². The third kappa shape index (κ3) is 3.21. The van der Waals surface area contributed by atoms with Gasteiger partial charge in [-0.3, -0.25) is 14.9 Å². The molecule has 1 N–H and O–H groups in total. The number of nitro benzene ring substituents is 1. The number of carbonyl (C=O) groups excluding carboxylic acids is 1. The van der Waals surface area contributed by atoms with Gasteiger partial charge in [-0.2, -0.15) is 0 Å². The van der Waals surface area contributed by atoms with E-state index in [0.29, 0.717) is 16.9 Å². The lowest BCUT2D eigenvalue weighted by Gasteiger charge is -2.20. The van der Waals surface area contributed by atoms with E-state index >= 15 is 0 Å². The molecule has 2 aromatic carbocycles. The Bertz CT molecular complexity index is 855. The minimum atomic E-state index is -0.487. The lowest BCUT2D eigenvalue weighted by molar-refractivity contribution is -0.384. The van der Waals surface area contributed by atoms with Gasteiger partial charge in [0.05, 0.1) is 16.3 Å². The number of nitrogens with zero attached hydrogens (tertiary/aromatic N) is 3. The van der Waals surface area contributed by atoms with E-state index in [1.54, 1.807) is 0 Å². The molecule has 1 aliphatic heterocycles. The second-order valence-corrected chi connectivity index (χ2v) is 5.59. The van der Waals surface area contributed by atoms with Crippen LogP contribution in [0.15, 0.2) is 47.5 Å². The zero-order valence-electron chi connectivity index (χ0n) is 14.0. The normalized spacial score (nSPS) is 14.3. The van der Waals surface area contributed by atoms with E-state index in [1.165, 1.54) is 18.2 Å². The van der Waals surface area contributed by atoms with E-state index in [9.17, 15) is 14.9 Å². The second-order valence-electron chi connectivity index (χ2n) is 5.59. The zero-order valence-corrected chi connectivity index (χ0v) is 14.0. The summed E-state index contributed by atoms with van der Waals surface area (Å²) in [5.74, 6) is -0.358. The van der Waals surface area contributed by atoms with Gasteiger partial charge in [0.1, 0.15) is 5.71 Å². The van der Waals surface area contributed by atoms with Crippen LogP contribution < -0.4 is 10.2 Å². The number of nitrogens with one attached hydrogen (secondary N) is 1. The molecular weight excluding hydrogens is 320 g/mol. The molecule has 0 aromatic heterocycles. The lowest BCUT2D eigenvalue weighted by Crippen LogP contribution is -2.21. The Balaban J connectivity index is 1.96. The monoisotopic (exact) mass is 338 g/mol. The first kappa shape index (κ1) is 16.6. The Morgan fingerprint density at radius 2 is 1.80 bits per heavy atom. The molecular formula is C18H18N4O3. The summed E-state index contributed by atoms with van der Waals surface area (Å²) in [6, 6.07) is 11.8. The molecule has 0 spiro atoms. The maximum absolute atomic E-state index is 12.2. The van der Waals surface area contributed by atoms with Gasteiger partial charge in [-0.25, -0.2) is 4.99 Å². The molecule has 7 heteroatoms. The van der Waals surface area contributed by atoms with E-state index in [4.69, 9.17) is 0 Å². The van der Waals surface area contributed by atoms with Gasteiger partial charge < -0.3 is 10.2 Å². The molecule has 0 aliphatic carbocycles. The van der Waals surface area contributed by atoms with Crippen molar-refractivity contribution in [2.75, 3.05) is 23.3 Å². The molecule has 1 aliphatic rings.